The first-order valence-corrected chi connectivity index (χ1v) is 7.43. The lowest BCUT2D eigenvalue weighted by atomic mass is 10.1. The van der Waals surface area contributed by atoms with Crippen LogP contribution in [-0.2, 0) is 4.74 Å². The van der Waals surface area contributed by atoms with E-state index in [9.17, 15) is 14.9 Å². The molecule has 0 N–H and O–H groups in total. The van der Waals surface area contributed by atoms with E-state index in [1.165, 1.54) is 26.4 Å². The molecule has 0 amide bonds. The molecule has 0 saturated carbocycles. The molecule has 8 nitrogen and oxygen atoms in total. The second-order valence-corrected chi connectivity index (χ2v) is 5.21. The number of piperazine rings is 1. The topological polar surface area (TPSA) is 85.2 Å². The lowest BCUT2D eigenvalue weighted by Gasteiger charge is -2.36. The second kappa shape index (κ2) is 7.28. The van der Waals surface area contributed by atoms with Crippen molar-refractivity contribution in [3.63, 3.8) is 0 Å². The van der Waals surface area contributed by atoms with Crippen LogP contribution in [0.25, 0.3) is 0 Å². The molecule has 1 aromatic rings. The van der Waals surface area contributed by atoms with Crippen LogP contribution < -0.4 is 9.64 Å². The van der Waals surface area contributed by atoms with Crippen LogP contribution in [0.1, 0.15) is 17.3 Å². The number of rotatable bonds is 5. The highest BCUT2D eigenvalue weighted by Gasteiger charge is 2.27. The highest BCUT2D eigenvalue weighted by Crippen LogP contribution is 2.36. The average Bonchev–Trinajstić information content (AvgIpc) is 2.59. The van der Waals surface area contributed by atoms with Gasteiger partial charge in [0.05, 0.1) is 30.9 Å². The first kappa shape index (κ1) is 17.0. The summed E-state index contributed by atoms with van der Waals surface area (Å²) in [6.07, 6.45) is 0. The molecule has 0 atom stereocenters. The molecule has 126 valence electrons. The van der Waals surface area contributed by atoms with Gasteiger partial charge in [0.2, 0.25) is 0 Å². The summed E-state index contributed by atoms with van der Waals surface area (Å²) in [5.41, 5.74) is 0.296. The van der Waals surface area contributed by atoms with E-state index in [2.05, 4.69) is 21.5 Å². The van der Waals surface area contributed by atoms with Gasteiger partial charge in [0.15, 0.2) is 0 Å². The number of hydrogen-bond acceptors (Lipinski definition) is 7. The van der Waals surface area contributed by atoms with Crippen LogP contribution >= 0.6 is 0 Å². The Balaban J connectivity index is 2.42. The van der Waals surface area contributed by atoms with E-state index >= 15 is 0 Å². The van der Waals surface area contributed by atoms with Gasteiger partial charge < -0.3 is 19.3 Å². The minimum atomic E-state index is -0.729. The number of likely N-dealkylation sites (N-methyl/N-ethyl adjacent to an activating group) is 1. The molecular formula is C15H21N3O5. The van der Waals surface area contributed by atoms with Crippen LogP contribution in [0.3, 0.4) is 0 Å². The van der Waals surface area contributed by atoms with Crippen molar-refractivity contribution in [2.45, 2.75) is 6.92 Å². The fraction of sp³-hybridized carbons (Fsp3) is 0.533. The number of methoxy groups -OCH3 is 2. The molecule has 1 aliphatic rings. The second-order valence-electron chi connectivity index (χ2n) is 5.21. The van der Waals surface area contributed by atoms with Gasteiger partial charge in [-0.05, 0) is 12.6 Å². The van der Waals surface area contributed by atoms with E-state index in [0.717, 1.165) is 32.7 Å². The number of esters is 1. The Morgan fingerprint density at radius 2 is 1.91 bits per heavy atom. The van der Waals surface area contributed by atoms with E-state index in [4.69, 9.17) is 4.74 Å². The molecule has 23 heavy (non-hydrogen) atoms. The molecule has 1 saturated heterocycles. The summed E-state index contributed by atoms with van der Waals surface area (Å²) >= 11 is 0. The first-order valence-electron chi connectivity index (χ1n) is 7.43. The molecule has 1 fully saturated rings. The van der Waals surface area contributed by atoms with Crippen molar-refractivity contribution in [3.05, 3.63) is 27.8 Å². The van der Waals surface area contributed by atoms with E-state index < -0.39 is 10.9 Å². The molecule has 1 heterocycles. The molecule has 0 aliphatic carbocycles. The quantitative estimate of drug-likeness (QED) is 0.461. The third kappa shape index (κ3) is 3.53. The molecule has 0 unspecified atom stereocenters. The smallest absolute Gasteiger partial charge is 0.344 e. The van der Waals surface area contributed by atoms with Crippen molar-refractivity contribution < 1.29 is 19.2 Å². The van der Waals surface area contributed by atoms with Crippen LogP contribution in [-0.4, -0.2) is 62.7 Å². The van der Waals surface area contributed by atoms with Gasteiger partial charge in [-0.25, -0.2) is 4.79 Å². The maximum absolute atomic E-state index is 11.9. The Bertz CT molecular complexity index is 597. The zero-order chi connectivity index (χ0) is 17.0. The van der Waals surface area contributed by atoms with Crippen molar-refractivity contribution in [1.82, 2.24) is 4.90 Å². The van der Waals surface area contributed by atoms with Crippen LogP contribution in [0.15, 0.2) is 12.1 Å². The molecule has 1 aromatic carbocycles. The third-order valence-electron chi connectivity index (χ3n) is 4.06. The van der Waals surface area contributed by atoms with Crippen LogP contribution in [0, 0.1) is 10.1 Å². The zero-order valence-corrected chi connectivity index (χ0v) is 13.6. The van der Waals surface area contributed by atoms with E-state index in [-0.39, 0.29) is 11.3 Å². The fourth-order valence-corrected chi connectivity index (χ4v) is 2.70. The molecular weight excluding hydrogens is 302 g/mol. The monoisotopic (exact) mass is 323 g/mol. The summed E-state index contributed by atoms with van der Waals surface area (Å²) in [7, 11) is 2.67. The number of nitrogens with zero attached hydrogens (tertiary/aromatic N) is 3. The van der Waals surface area contributed by atoms with Gasteiger partial charge in [-0.1, -0.05) is 6.92 Å². The number of carbonyl (C=O) groups excluding carboxylic acids is 1. The molecule has 0 radical (unpaired) electrons. The van der Waals surface area contributed by atoms with Gasteiger partial charge in [0.25, 0.3) is 5.69 Å². The Labute approximate surface area is 134 Å². The zero-order valence-electron chi connectivity index (χ0n) is 13.6. The number of anilines is 1. The Morgan fingerprint density at radius 1 is 1.26 bits per heavy atom. The lowest BCUT2D eigenvalue weighted by molar-refractivity contribution is -0.385. The van der Waals surface area contributed by atoms with E-state index in [1.54, 1.807) is 0 Å². The largest absolute Gasteiger partial charge is 0.494 e. The van der Waals surface area contributed by atoms with Crippen molar-refractivity contribution in [3.8, 4) is 5.75 Å². The third-order valence-corrected chi connectivity index (χ3v) is 4.06. The number of nitro groups is 1. The minimum absolute atomic E-state index is 0.0637. The summed E-state index contributed by atoms with van der Waals surface area (Å²) in [6, 6.07) is 2.78. The average molecular weight is 323 g/mol. The SMILES string of the molecule is CCN1CCN(c2cc(C(=O)OC)c([N+](=O)[O-])cc2OC)CC1. The maximum atomic E-state index is 11.9. The Kier molecular flexibility index (Phi) is 5.38. The lowest BCUT2D eigenvalue weighted by Crippen LogP contribution is -2.46. The normalized spacial score (nSPS) is 15.3. The number of carbonyl (C=O) groups is 1. The predicted molar refractivity (Wildman–Crippen MR) is 85.3 cm³/mol. The van der Waals surface area contributed by atoms with Crippen molar-refractivity contribution in [2.24, 2.45) is 0 Å². The number of hydrogen-bond donors (Lipinski definition) is 0. The summed E-state index contributed by atoms with van der Waals surface area (Å²) in [4.78, 5) is 26.9. The van der Waals surface area contributed by atoms with E-state index in [0.29, 0.717) is 11.4 Å². The summed E-state index contributed by atoms with van der Waals surface area (Å²) in [5, 5.41) is 11.2. The minimum Gasteiger partial charge on any atom is -0.494 e. The fourth-order valence-electron chi connectivity index (χ4n) is 2.70. The van der Waals surface area contributed by atoms with Crippen LogP contribution in [0.4, 0.5) is 11.4 Å². The van der Waals surface area contributed by atoms with Crippen LogP contribution in [0.2, 0.25) is 0 Å². The maximum Gasteiger partial charge on any atom is 0.344 e. The predicted octanol–water partition coefficient (Wildman–Crippen LogP) is 1.53. The van der Waals surface area contributed by atoms with Crippen molar-refractivity contribution in [1.29, 1.82) is 0 Å². The molecule has 1 aliphatic heterocycles. The first-order chi connectivity index (χ1) is 11.0. The van der Waals surface area contributed by atoms with Gasteiger partial charge in [0, 0.05) is 26.2 Å². The molecule has 2 rings (SSSR count). The van der Waals surface area contributed by atoms with Gasteiger partial charge in [0.1, 0.15) is 11.3 Å². The highest BCUT2D eigenvalue weighted by molar-refractivity contribution is 5.96. The van der Waals surface area contributed by atoms with Crippen molar-refractivity contribution in [2.75, 3.05) is 51.8 Å². The molecule has 8 heteroatoms. The molecule has 0 aromatic heterocycles. The summed E-state index contributed by atoms with van der Waals surface area (Å²) in [5.74, 6) is -0.345. The van der Waals surface area contributed by atoms with Crippen molar-refractivity contribution >= 4 is 17.3 Å². The van der Waals surface area contributed by atoms with Crippen LogP contribution in [0.5, 0.6) is 5.75 Å². The number of nitro benzene ring substituents is 1. The number of benzene rings is 1. The van der Waals surface area contributed by atoms with Gasteiger partial charge >= 0.3 is 5.97 Å². The van der Waals surface area contributed by atoms with Gasteiger partial charge in [-0.3, -0.25) is 10.1 Å². The Hall–Kier alpha value is -2.35. The number of ether oxygens (including phenoxy) is 2. The van der Waals surface area contributed by atoms with Gasteiger partial charge in [-0.15, -0.1) is 0 Å². The summed E-state index contributed by atoms with van der Waals surface area (Å²) in [6.45, 7) is 6.41. The molecule has 0 bridgehead atoms. The summed E-state index contributed by atoms with van der Waals surface area (Å²) < 4.78 is 9.97. The highest BCUT2D eigenvalue weighted by atomic mass is 16.6. The molecule has 0 spiro atoms. The van der Waals surface area contributed by atoms with E-state index in [1.807, 2.05) is 0 Å². The van der Waals surface area contributed by atoms with Gasteiger partial charge in [-0.2, -0.15) is 0 Å². The Morgan fingerprint density at radius 3 is 2.39 bits per heavy atom. The standard InChI is InChI=1S/C15H21N3O5/c1-4-16-5-7-17(8-6-16)13-9-11(15(19)23-3)12(18(20)21)10-14(13)22-2/h9-10H,4-8H2,1-3H3.